The van der Waals surface area contributed by atoms with E-state index in [0.717, 1.165) is 0 Å². The van der Waals surface area contributed by atoms with Gasteiger partial charge in [0.25, 0.3) is 0 Å². The van der Waals surface area contributed by atoms with Crippen molar-refractivity contribution < 1.29 is 23.1 Å². The molecule has 5 nitrogen and oxygen atoms in total. The van der Waals surface area contributed by atoms with Crippen LogP contribution in [0.1, 0.15) is 12.5 Å². The fourth-order valence-electron chi connectivity index (χ4n) is 1.12. The molecule has 3 N–H and O–H groups in total. The lowest BCUT2D eigenvalue weighted by molar-refractivity contribution is -0.122. The highest BCUT2D eigenvalue weighted by atomic mass is 19.4. The number of hydrogen-bond donors (Lipinski definition) is 3. The summed E-state index contributed by atoms with van der Waals surface area (Å²) in [4.78, 5) is 11.0. The van der Waals surface area contributed by atoms with Gasteiger partial charge in [0.15, 0.2) is 0 Å². The summed E-state index contributed by atoms with van der Waals surface area (Å²) in [5.74, 6) is 0.0763. The zero-order chi connectivity index (χ0) is 14.5. The van der Waals surface area contributed by atoms with Crippen LogP contribution in [-0.4, -0.2) is 29.6 Å². The molecule has 8 heteroatoms. The van der Waals surface area contributed by atoms with Crippen LogP contribution in [0.2, 0.25) is 0 Å². The van der Waals surface area contributed by atoms with Gasteiger partial charge in [-0.05, 0) is 36.8 Å². The molecule has 2 amide bonds. The van der Waals surface area contributed by atoms with E-state index in [-0.39, 0.29) is 5.75 Å². The minimum atomic E-state index is -4.47. The largest absolute Gasteiger partial charge is 0.508 e. The molecule has 0 aliphatic heterocycles. The lowest BCUT2D eigenvalue weighted by Crippen LogP contribution is -2.39. The van der Waals surface area contributed by atoms with E-state index in [4.69, 9.17) is 5.11 Å². The van der Waals surface area contributed by atoms with Crippen molar-refractivity contribution in [1.29, 1.82) is 0 Å². The Labute approximate surface area is 107 Å². The van der Waals surface area contributed by atoms with Gasteiger partial charge in [0.2, 0.25) is 0 Å². The third-order valence-electron chi connectivity index (χ3n) is 2.06. The van der Waals surface area contributed by atoms with Crippen molar-refractivity contribution in [2.45, 2.75) is 13.1 Å². The van der Waals surface area contributed by atoms with Crippen LogP contribution in [0.5, 0.6) is 5.75 Å². The number of carbonyl (C=O) groups is 1. The van der Waals surface area contributed by atoms with E-state index in [9.17, 15) is 18.0 Å². The first-order chi connectivity index (χ1) is 8.78. The summed E-state index contributed by atoms with van der Waals surface area (Å²) < 4.78 is 35.4. The summed E-state index contributed by atoms with van der Waals surface area (Å²) >= 11 is 0. The summed E-state index contributed by atoms with van der Waals surface area (Å²) in [6.45, 7) is 0.142. The predicted octanol–water partition coefficient (Wildman–Crippen LogP) is 1.98. The van der Waals surface area contributed by atoms with Crippen molar-refractivity contribution in [3.63, 3.8) is 0 Å². The first-order valence-corrected chi connectivity index (χ1v) is 5.22. The SMILES string of the molecule is CC(=NNC(=O)NCC(F)(F)F)c1ccc(O)cc1. The highest BCUT2D eigenvalue weighted by Crippen LogP contribution is 2.12. The number of hydrazone groups is 1. The van der Waals surface area contributed by atoms with E-state index in [1.165, 1.54) is 12.1 Å². The quantitative estimate of drug-likeness (QED) is 0.583. The van der Waals surface area contributed by atoms with Crippen LogP contribution in [0, 0.1) is 0 Å². The monoisotopic (exact) mass is 275 g/mol. The lowest BCUT2D eigenvalue weighted by Gasteiger charge is -2.08. The van der Waals surface area contributed by atoms with E-state index in [1.807, 2.05) is 5.43 Å². The number of nitrogens with zero attached hydrogens (tertiary/aromatic N) is 1. The molecule has 0 unspecified atom stereocenters. The number of rotatable bonds is 3. The Balaban J connectivity index is 2.52. The molecule has 19 heavy (non-hydrogen) atoms. The van der Waals surface area contributed by atoms with Gasteiger partial charge in [0, 0.05) is 0 Å². The van der Waals surface area contributed by atoms with Gasteiger partial charge in [-0.2, -0.15) is 18.3 Å². The molecule has 0 radical (unpaired) electrons. The van der Waals surface area contributed by atoms with Gasteiger partial charge in [-0.25, -0.2) is 10.2 Å². The minimum Gasteiger partial charge on any atom is -0.508 e. The molecule has 0 aromatic heterocycles. The van der Waals surface area contributed by atoms with Gasteiger partial charge >= 0.3 is 12.2 Å². The van der Waals surface area contributed by atoms with Gasteiger partial charge in [-0.3, -0.25) is 0 Å². The smallest absolute Gasteiger partial charge is 0.405 e. The number of nitrogens with one attached hydrogen (secondary N) is 2. The van der Waals surface area contributed by atoms with Crippen molar-refractivity contribution >= 4 is 11.7 Å². The van der Waals surface area contributed by atoms with Crippen LogP contribution in [0.3, 0.4) is 0 Å². The number of phenols is 1. The molecule has 0 heterocycles. The molecule has 0 saturated heterocycles. The second-order valence-electron chi connectivity index (χ2n) is 3.65. The molecule has 104 valence electrons. The zero-order valence-electron chi connectivity index (χ0n) is 9.95. The van der Waals surface area contributed by atoms with Gasteiger partial charge in [-0.1, -0.05) is 0 Å². The van der Waals surface area contributed by atoms with Crippen LogP contribution in [-0.2, 0) is 0 Å². The maximum Gasteiger partial charge on any atom is 0.405 e. The number of benzene rings is 1. The molecule has 1 aromatic carbocycles. The van der Waals surface area contributed by atoms with E-state index >= 15 is 0 Å². The number of carbonyl (C=O) groups excluding carboxylic acids is 1. The highest BCUT2D eigenvalue weighted by molar-refractivity contribution is 5.99. The average molecular weight is 275 g/mol. The second kappa shape index (κ2) is 6.07. The van der Waals surface area contributed by atoms with E-state index in [0.29, 0.717) is 11.3 Å². The van der Waals surface area contributed by atoms with Crippen LogP contribution in [0.4, 0.5) is 18.0 Å². The first-order valence-electron chi connectivity index (χ1n) is 5.22. The number of urea groups is 1. The summed E-state index contributed by atoms with van der Waals surface area (Å²) in [6, 6.07) is 4.93. The molecule has 0 aliphatic carbocycles. The van der Waals surface area contributed by atoms with Gasteiger partial charge in [-0.15, -0.1) is 0 Å². The number of hydrogen-bond acceptors (Lipinski definition) is 3. The van der Waals surface area contributed by atoms with Gasteiger partial charge in [0.05, 0.1) is 5.71 Å². The Morgan fingerprint density at radius 1 is 1.32 bits per heavy atom. The van der Waals surface area contributed by atoms with Crippen molar-refractivity contribution in [3.8, 4) is 5.75 Å². The molecule has 1 aromatic rings. The van der Waals surface area contributed by atoms with E-state index in [1.54, 1.807) is 24.4 Å². The van der Waals surface area contributed by atoms with Gasteiger partial charge < -0.3 is 10.4 Å². The molecule has 0 aliphatic rings. The molecule has 0 atom stereocenters. The van der Waals surface area contributed by atoms with Crippen LogP contribution >= 0.6 is 0 Å². The summed E-state index contributed by atoms with van der Waals surface area (Å²) in [6.07, 6.45) is -4.47. The minimum absolute atomic E-state index is 0.0763. The Kier molecular flexibility index (Phi) is 4.74. The topological polar surface area (TPSA) is 73.7 Å². The molecule has 0 fully saturated rings. The zero-order valence-corrected chi connectivity index (χ0v) is 9.95. The fourth-order valence-corrected chi connectivity index (χ4v) is 1.12. The maximum absolute atomic E-state index is 11.8. The van der Waals surface area contributed by atoms with Crippen molar-refractivity contribution in [3.05, 3.63) is 29.8 Å². The van der Waals surface area contributed by atoms with Crippen LogP contribution in [0.25, 0.3) is 0 Å². The second-order valence-corrected chi connectivity index (χ2v) is 3.65. The van der Waals surface area contributed by atoms with Gasteiger partial charge in [0.1, 0.15) is 12.3 Å². The highest BCUT2D eigenvalue weighted by Gasteiger charge is 2.27. The molecule has 1 rings (SSSR count). The van der Waals surface area contributed by atoms with Crippen molar-refractivity contribution in [1.82, 2.24) is 10.7 Å². The Bertz CT molecular complexity index is 469. The normalized spacial score (nSPS) is 12.1. The van der Waals surface area contributed by atoms with E-state index in [2.05, 4.69) is 5.10 Å². The number of halogens is 3. The van der Waals surface area contributed by atoms with Crippen molar-refractivity contribution in [2.75, 3.05) is 6.54 Å². The maximum atomic E-state index is 11.8. The molecule has 0 saturated carbocycles. The molecule has 0 spiro atoms. The number of aromatic hydroxyl groups is 1. The van der Waals surface area contributed by atoms with E-state index < -0.39 is 18.8 Å². The molecular formula is C11H12F3N3O2. The molecular weight excluding hydrogens is 263 g/mol. The Morgan fingerprint density at radius 2 is 1.89 bits per heavy atom. The summed E-state index contributed by atoms with van der Waals surface area (Å²) in [7, 11) is 0. The van der Waals surface area contributed by atoms with Crippen LogP contribution in [0.15, 0.2) is 29.4 Å². The van der Waals surface area contributed by atoms with Crippen LogP contribution < -0.4 is 10.7 Å². The molecule has 0 bridgehead atoms. The predicted molar refractivity (Wildman–Crippen MR) is 62.9 cm³/mol. The first kappa shape index (κ1) is 14.8. The van der Waals surface area contributed by atoms with Crippen molar-refractivity contribution in [2.24, 2.45) is 5.10 Å². The average Bonchev–Trinajstić information content (AvgIpc) is 2.33. The Hall–Kier alpha value is -2.25. The summed E-state index contributed by atoms with van der Waals surface area (Å²) in [5.41, 5.74) is 2.95. The third kappa shape index (κ3) is 5.75. The fraction of sp³-hybridized carbons (Fsp3) is 0.273. The number of phenolic OH excluding ortho intramolecular Hbond substituents is 1. The number of alkyl halides is 3. The standard InChI is InChI=1S/C11H12F3N3O2/c1-7(8-2-4-9(18)5-3-8)16-17-10(19)15-6-11(12,13)14/h2-5,18H,6H2,1H3,(H2,15,17,19). The number of amides is 2. The summed E-state index contributed by atoms with van der Waals surface area (Å²) in [5, 5.41) is 14.3. The third-order valence-corrected chi connectivity index (χ3v) is 2.06. The Morgan fingerprint density at radius 3 is 2.42 bits per heavy atom. The lowest BCUT2D eigenvalue weighted by atomic mass is 10.1.